The molecular weight excluding hydrogens is 178 g/mol. The van der Waals surface area contributed by atoms with Gasteiger partial charge in [-0.25, -0.2) is 0 Å². The summed E-state index contributed by atoms with van der Waals surface area (Å²) in [6, 6.07) is 5.49. The lowest BCUT2D eigenvalue weighted by Gasteiger charge is -1.98. The number of aliphatic carboxylic acids is 1. The zero-order chi connectivity index (χ0) is 10.6. The maximum atomic E-state index is 10.2. The van der Waals surface area contributed by atoms with Gasteiger partial charge in [-0.3, -0.25) is 4.79 Å². The highest BCUT2D eigenvalue weighted by molar-refractivity contribution is 5.70. The van der Waals surface area contributed by atoms with Crippen LogP contribution < -0.4 is 5.73 Å². The van der Waals surface area contributed by atoms with Crippen LogP contribution in [0.25, 0.3) is 0 Å². The lowest BCUT2D eigenvalue weighted by atomic mass is 10.1. The van der Waals surface area contributed by atoms with Crippen LogP contribution in [0.4, 0.5) is 5.69 Å². The minimum absolute atomic E-state index is 0.159. The predicted octanol–water partition coefficient (Wildman–Crippen LogP) is 1.40. The van der Waals surface area contributed by atoms with Gasteiger partial charge in [0.2, 0.25) is 0 Å². The monoisotopic (exact) mass is 189 g/mol. The Morgan fingerprint density at radius 2 is 2.29 bits per heavy atom. The summed E-state index contributed by atoms with van der Waals surface area (Å²) in [5.74, 6) is 4.32. The summed E-state index contributed by atoms with van der Waals surface area (Å²) in [6.45, 7) is 1.94. The Morgan fingerprint density at radius 1 is 1.57 bits per heavy atom. The van der Waals surface area contributed by atoms with Gasteiger partial charge in [0.15, 0.2) is 0 Å². The maximum absolute atomic E-state index is 10.2. The van der Waals surface area contributed by atoms with Crippen molar-refractivity contribution in [1.29, 1.82) is 0 Å². The summed E-state index contributed by atoms with van der Waals surface area (Å²) in [4.78, 5) is 10.2. The summed E-state index contributed by atoms with van der Waals surface area (Å²) in [7, 11) is 0. The predicted molar refractivity (Wildman–Crippen MR) is 54.7 cm³/mol. The highest BCUT2D eigenvalue weighted by Crippen LogP contribution is 2.11. The summed E-state index contributed by atoms with van der Waals surface area (Å²) in [5.41, 5.74) is 8.01. The molecule has 0 saturated heterocycles. The van der Waals surface area contributed by atoms with Gasteiger partial charge in [0.1, 0.15) is 6.42 Å². The molecule has 1 aromatic carbocycles. The Morgan fingerprint density at radius 3 is 2.86 bits per heavy atom. The molecule has 0 spiro atoms. The number of aryl methyl sites for hydroxylation is 1. The lowest BCUT2D eigenvalue weighted by molar-refractivity contribution is -0.135. The van der Waals surface area contributed by atoms with Crippen molar-refractivity contribution in [1.82, 2.24) is 0 Å². The number of carboxylic acids is 1. The van der Waals surface area contributed by atoms with Crippen molar-refractivity contribution < 1.29 is 9.90 Å². The molecule has 1 aromatic rings. The molecule has 0 aliphatic rings. The molecule has 72 valence electrons. The quantitative estimate of drug-likeness (QED) is 0.518. The number of rotatable bonds is 1. The molecule has 0 atom stereocenters. The van der Waals surface area contributed by atoms with Crippen molar-refractivity contribution in [2.75, 3.05) is 5.73 Å². The zero-order valence-corrected chi connectivity index (χ0v) is 7.87. The van der Waals surface area contributed by atoms with Crippen LogP contribution in [0.5, 0.6) is 0 Å². The van der Waals surface area contributed by atoms with Crippen LogP contribution in [0.2, 0.25) is 0 Å². The largest absolute Gasteiger partial charge is 0.481 e. The minimum Gasteiger partial charge on any atom is -0.481 e. The molecule has 3 N–H and O–H groups in total. The Kier molecular flexibility index (Phi) is 3.14. The molecule has 0 heterocycles. The molecule has 1 rings (SSSR count). The van der Waals surface area contributed by atoms with E-state index in [0.29, 0.717) is 11.3 Å². The SMILES string of the molecule is Cc1ccc(C#CCC(=O)O)c(N)c1. The first-order valence-corrected chi connectivity index (χ1v) is 4.16. The number of hydrogen-bond acceptors (Lipinski definition) is 2. The first-order valence-electron chi connectivity index (χ1n) is 4.16. The third-order valence-electron chi connectivity index (χ3n) is 1.67. The highest BCUT2D eigenvalue weighted by atomic mass is 16.4. The van der Waals surface area contributed by atoms with Gasteiger partial charge in [-0.15, -0.1) is 0 Å². The van der Waals surface area contributed by atoms with E-state index in [4.69, 9.17) is 10.8 Å². The molecule has 0 aliphatic carbocycles. The van der Waals surface area contributed by atoms with Gasteiger partial charge >= 0.3 is 5.97 Å². The van der Waals surface area contributed by atoms with E-state index in [1.54, 1.807) is 6.07 Å². The third-order valence-corrected chi connectivity index (χ3v) is 1.67. The number of benzene rings is 1. The van der Waals surface area contributed by atoms with Crippen molar-refractivity contribution in [2.45, 2.75) is 13.3 Å². The molecule has 3 nitrogen and oxygen atoms in total. The second kappa shape index (κ2) is 4.33. The lowest BCUT2D eigenvalue weighted by Crippen LogP contribution is -1.92. The standard InChI is InChI=1S/C11H11NO2/c1-8-5-6-9(10(12)7-8)3-2-4-11(13)14/h5-7H,4,12H2,1H3,(H,13,14). The van der Waals surface area contributed by atoms with Gasteiger partial charge in [0, 0.05) is 11.3 Å². The number of carbonyl (C=O) groups is 1. The van der Waals surface area contributed by atoms with Crippen LogP contribution in [0.15, 0.2) is 18.2 Å². The number of hydrogen-bond donors (Lipinski definition) is 2. The molecule has 0 amide bonds. The van der Waals surface area contributed by atoms with Gasteiger partial charge in [0.05, 0.1) is 0 Å². The Bertz CT molecular complexity index is 413. The first kappa shape index (κ1) is 10.1. The normalized spacial score (nSPS) is 8.93. The fourth-order valence-electron chi connectivity index (χ4n) is 1.01. The van der Waals surface area contributed by atoms with Crippen LogP contribution in [0.1, 0.15) is 17.5 Å². The smallest absolute Gasteiger partial charge is 0.315 e. The number of anilines is 1. The maximum Gasteiger partial charge on any atom is 0.315 e. The molecule has 0 saturated carbocycles. The fourth-order valence-corrected chi connectivity index (χ4v) is 1.01. The van der Waals surface area contributed by atoms with Crippen molar-refractivity contribution in [2.24, 2.45) is 0 Å². The summed E-state index contributed by atoms with van der Waals surface area (Å²) in [6.07, 6.45) is -0.159. The highest BCUT2D eigenvalue weighted by Gasteiger charge is 1.95. The van der Waals surface area contributed by atoms with Crippen LogP contribution in [-0.4, -0.2) is 11.1 Å². The van der Waals surface area contributed by atoms with Crippen molar-refractivity contribution in [3.8, 4) is 11.8 Å². The van der Waals surface area contributed by atoms with Crippen LogP contribution in [0.3, 0.4) is 0 Å². The third kappa shape index (κ3) is 2.83. The second-order valence-corrected chi connectivity index (χ2v) is 2.96. The number of nitrogens with two attached hydrogens (primary N) is 1. The molecular formula is C11H11NO2. The van der Waals surface area contributed by atoms with E-state index in [0.717, 1.165) is 5.56 Å². The van der Waals surface area contributed by atoms with E-state index in [9.17, 15) is 4.79 Å². The zero-order valence-electron chi connectivity index (χ0n) is 7.87. The van der Waals surface area contributed by atoms with Crippen molar-refractivity contribution in [3.63, 3.8) is 0 Å². The molecule has 0 radical (unpaired) electrons. The van der Waals surface area contributed by atoms with Crippen LogP contribution >= 0.6 is 0 Å². The molecule has 0 aliphatic heterocycles. The van der Waals surface area contributed by atoms with Crippen molar-refractivity contribution in [3.05, 3.63) is 29.3 Å². The fraction of sp³-hybridized carbons (Fsp3) is 0.182. The number of nitrogen functional groups attached to an aromatic ring is 1. The number of carboxylic acid groups (broad SMARTS) is 1. The average molecular weight is 189 g/mol. The van der Waals surface area contributed by atoms with Gasteiger partial charge in [-0.2, -0.15) is 0 Å². The summed E-state index contributed by atoms with van der Waals surface area (Å²) in [5, 5.41) is 8.37. The second-order valence-electron chi connectivity index (χ2n) is 2.96. The molecule has 0 bridgehead atoms. The topological polar surface area (TPSA) is 63.3 Å². The van der Waals surface area contributed by atoms with E-state index < -0.39 is 5.97 Å². The first-order chi connectivity index (χ1) is 6.59. The molecule has 0 fully saturated rings. The minimum atomic E-state index is -0.928. The van der Waals surface area contributed by atoms with E-state index in [1.165, 1.54) is 0 Å². The van der Waals surface area contributed by atoms with Crippen LogP contribution in [-0.2, 0) is 4.79 Å². The Labute approximate surface area is 82.6 Å². The Balaban J connectivity index is 2.85. The average Bonchev–Trinajstić information content (AvgIpc) is 2.08. The molecule has 0 unspecified atom stereocenters. The van der Waals surface area contributed by atoms with Gasteiger partial charge in [-0.1, -0.05) is 17.9 Å². The molecule has 14 heavy (non-hydrogen) atoms. The summed E-state index contributed by atoms with van der Waals surface area (Å²) >= 11 is 0. The van der Waals surface area contributed by atoms with E-state index in [1.807, 2.05) is 19.1 Å². The van der Waals surface area contributed by atoms with E-state index >= 15 is 0 Å². The van der Waals surface area contributed by atoms with Crippen molar-refractivity contribution >= 4 is 11.7 Å². The van der Waals surface area contributed by atoms with Crippen LogP contribution in [0, 0.1) is 18.8 Å². The van der Waals surface area contributed by atoms with Gasteiger partial charge in [0.25, 0.3) is 0 Å². The van der Waals surface area contributed by atoms with E-state index in [2.05, 4.69) is 11.8 Å². The molecule has 0 aromatic heterocycles. The molecule has 3 heteroatoms. The van der Waals surface area contributed by atoms with Gasteiger partial charge in [-0.05, 0) is 24.6 Å². The van der Waals surface area contributed by atoms with Gasteiger partial charge < -0.3 is 10.8 Å². The van der Waals surface area contributed by atoms with E-state index in [-0.39, 0.29) is 6.42 Å². The Hall–Kier alpha value is -1.95. The summed E-state index contributed by atoms with van der Waals surface area (Å²) < 4.78 is 0.